The number of hydrogen-bond donors (Lipinski definition) is 2. The first-order chi connectivity index (χ1) is 8.09. The van der Waals surface area contributed by atoms with Crippen molar-refractivity contribution in [3.8, 4) is 0 Å². The molecular weight excluding hydrogens is 218 g/mol. The first-order valence-electron chi connectivity index (χ1n) is 6.59. The fourth-order valence-electron chi connectivity index (χ4n) is 2.29. The molecule has 1 fully saturated rings. The van der Waals surface area contributed by atoms with Gasteiger partial charge in [0.25, 0.3) is 0 Å². The van der Waals surface area contributed by atoms with Crippen LogP contribution >= 0.6 is 0 Å². The third kappa shape index (κ3) is 5.71. The largest absolute Gasteiger partial charge is 0.481 e. The summed E-state index contributed by atoms with van der Waals surface area (Å²) in [6, 6.07) is 0. The summed E-state index contributed by atoms with van der Waals surface area (Å²) in [7, 11) is 0. The number of rotatable bonds is 7. The van der Waals surface area contributed by atoms with Gasteiger partial charge in [-0.05, 0) is 18.8 Å². The average Bonchev–Trinajstić information content (AvgIpc) is 2.78. The summed E-state index contributed by atoms with van der Waals surface area (Å²) in [5, 5.41) is 11.3. The molecule has 2 N–H and O–H groups in total. The summed E-state index contributed by atoms with van der Waals surface area (Å²) in [6.07, 6.45) is 7.91. The van der Waals surface area contributed by atoms with Crippen LogP contribution in [0.1, 0.15) is 51.9 Å². The number of carboxylic acid groups (broad SMARTS) is 1. The molecule has 17 heavy (non-hydrogen) atoms. The fraction of sp³-hybridized carbons (Fsp3) is 0.846. The first kappa shape index (κ1) is 14.0. The van der Waals surface area contributed by atoms with Crippen LogP contribution in [0.4, 0.5) is 0 Å². The Morgan fingerprint density at radius 3 is 2.59 bits per heavy atom. The summed E-state index contributed by atoms with van der Waals surface area (Å²) in [6.45, 7) is 1.83. The summed E-state index contributed by atoms with van der Waals surface area (Å²) in [4.78, 5) is 22.0. The molecule has 1 saturated carbocycles. The van der Waals surface area contributed by atoms with Crippen molar-refractivity contribution in [2.45, 2.75) is 51.9 Å². The molecule has 0 heterocycles. The smallest absolute Gasteiger partial charge is 0.308 e. The van der Waals surface area contributed by atoms with Gasteiger partial charge < -0.3 is 10.4 Å². The Morgan fingerprint density at radius 2 is 2.00 bits per heavy atom. The number of nitrogens with one attached hydrogen (secondary N) is 1. The number of carbonyl (C=O) groups excluding carboxylic acids is 1. The molecule has 4 heteroatoms. The minimum Gasteiger partial charge on any atom is -0.481 e. The molecule has 0 aromatic rings. The molecule has 1 amide bonds. The monoisotopic (exact) mass is 241 g/mol. The van der Waals surface area contributed by atoms with Gasteiger partial charge in [-0.1, -0.05) is 32.6 Å². The highest BCUT2D eigenvalue weighted by molar-refractivity contribution is 5.77. The molecule has 0 bridgehead atoms. The van der Waals surface area contributed by atoms with Crippen LogP contribution in [0, 0.1) is 11.8 Å². The second-order valence-electron chi connectivity index (χ2n) is 5.09. The molecule has 98 valence electrons. The Kier molecular flexibility index (Phi) is 6.01. The van der Waals surface area contributed by atoms with Gasteiger partial charge >= 0.3 is 5.97 Å². The van der Waals surface area contributed by atoms with Gasteiger partial charge in [0.1, 0.15) is 0 Å². The van der Waals surface area contributed by atoms with Gasteiger partial charge in [0.2, 0.25) is 5.91 Å². The molecule has 1 aliphatic rings. The Balaban J connectivity index is 2.02. The summed E-state index contributed by atoms with van der Waals surface area (Å²) in [5.74, 6) is -0.568. The second kappa shape index (κ2) is 7.30. The van der Waals surface area contributed by atoms with E-state index >= 15 is 0 Å². The van der Waals surface area contributed by atoms with Gasteiger partial charge in [-0.25, -0.2) is 0 Å². The second-order valence-corrected chi connectivity index (χ2v) is 5.09. The number of hydrogen-bond acceptors (Lipinski definition) is 2. The predicted octanol–water partition coefficient (Wildman–Crippen LogP) is 2.18. The van der Waals surface area contributed by atoms with Crippen LogP contribution in [0.5, 0.6) is 0 Å². The van der Waals surface area contributed by atoms with E-state index in [1.807, 2.05) is 0 Å². The van der Waals surface area contributed by atoms with Crippen LogP contribution in [0.3, 0.4) is 0 Å². The molecule has 0 radical (unpaired) electrons. The highest BCUT2D eigenvalue weighted by atomic mass is 16.4. The molecule has 4 nitrogen and oxygen atoms in total. The third-order valence-electron chi connectivity index (χ3n) is 3.52. The normalized spacial score (nSPS) is 17.9. The Labute approximate surface area is 103 Å². The van der Waals surface area contributed by atoms with E-state index in [0.29, 0.717) is 6.42 Å². The summed E-state index contributed by atoms with van der Waals surface area (Å²) in [5.41, 5.74) is 0. The zero-order valence-electron chi connectivity index (χ0n) is 10.6. The van der Waals surface area contributed by atoms with Crippen molar-refractivity contribution in [2.24, 2.45) is 11.8 Å². The maximum Gasteiger partial charge on any atom is 0.308 e. The summed E-state index contributed by atoms with van der Waals surface area (Å²) < 4.78 is 0. The van der Waals surface area contributed by atoms with E-state index in [2.05, 4.69) is 5.32 Å². The Morgan fingerprint density at radius 1 is 1.35 bits per heavy atom. The molecule has 0 spiro atoms. The van der Waals surface area contributed by atoms with E-state index in [-0.39, 0.29) is 12.5 Å². The molecule has 1 unspecified atom stereocenters. The van der Waals surface area contributed by atoms with Crippen LogP contribution in [0.25, 0.3) is 0 Å². The lowest BCUT2D eigenvalue weighted by atomic mass is 10.0. The van der Waals surface area contributed by atoms with Crippen molar-refractivity contribution in [1.82, 2.24) is 5.32 Å². The molecule has 0 saturated heterocycles. The highest BCUT2D eigenvalue weighted by Gasteiger charge is 2.15. The van der Waals surface area contributed by atoms with Gasteiger partial charge in [0.05, 0.1) is 5.92 Å². The van der Waals surface area contributed by atoms with Crippen LogP contribution in [0.2, 0.25) is 0 Å². The average molecular weight is 241 g/mol. The predicted molar refractivity (Wildman–Crippen MR) is 65.6 cm³/mol. The summed E-state index contributed by atoms with van der Waals surface area (Å²) >= 11 is 0. The van der Waals surface area contributed by atoms with Crippen molar-refractivity contribution in [3.05, 3.63) is 0 Å². The van der Waals surface area contributed by atoms with Gasteiger partial charge in [-0.3, -0.25) is 9.59 Å². The van der Waals surface area contributed by atoms with E-state index in [1.54, 1.807) is 6.92 Å². The van der Waals surface area contributed by atoms with Gasteiger partial charge in [-0.2, -0.15) is 0 Å². The van der Waals surface area contributed by atoms with Crippen molar-refractivity contribution < 1.29 is 14.7 Å². The van der Waals surface area contributed by atoms with Crippen LogP contribution in [-0.4, -0.2) is 23.5 Å². The highest BCUT2D eigenvalue weighted by Crippen LogP contribution is 2.28. The Hall–Kier alpha value is -1.06. The molecule has 1 atom stereocenters. The maximum atomic E-state index is 11.4. The third-order valence-corrected chi connectivity index (χ3v) is 3.52. The number of carboxylic acids is 1. The quantitative estimate of drug-likeness (QED) is 0.718. The van der Waals surface area contributed by atoms with Crippen LogP contribution in [-0.2, 0) is 9.59 Å². The minimum atomic E-state index is -0.865. The number of amides is 1. The molecule has 0 aromatic carbocycles. The van der Waals surface area contributed by atoms with E-state index in [4.69, 9.17) is 5.11 Å². The molecular formula is C13H23NO3. The Bertz CT molecular complexity index is 259. The van der Waals surface area contributed by atoms with Crippen molar-refractivity contribution in [2.75, 3.05) is 6.54 Å². The lowest BCUT2D eigenvalue weighted by Gasteiger charge is -2.10. The van der Waals surface area contributed by atoms with E-state index in [0.717, 1.165) is 18.8 Å². The van der Waals surface area contributed by atoms with Crippen molar-refractivity contribution in [3.63, 3.8) is 0 Å². The van der Waals surface area contributed by atoms with Crippen molar-refractivity contribution >= 4 is 11.9 Å². The van der Waals surface area contributed by atoms with E-state index in [9.17, 15) is 9.59 Å². The topological polar surface area (TPSA) is 66.4 Å². The standard InChI is InChI=1S/C13H23NO3/c1-10(13(16)17)9-14-12(15)8-4-7-11-5-2-3-6-11/h10-11H,2-9H2,1H3,(H,14,15)(H,16,17). The minimum absolute atomic E-state index is 0.0175. The van der Waals surface area contributed by atoms with Crippen LogP contribution in [0.15, 0.2) is 0 Å². The first-order valence-corrected chi connectivity index (χ1v) is 6.59. The van der Waals surface area contributed by atoms with E-state index < -0.39 is 11.9 Å². The lowest BCUT2D eigenvalue weighted by molar-refractivity contribution is -0.141. The fourth-order valence-corrected chi connectivity index (χ4v) is 2.29. The molecule has 1 aliphatic carbocycles. The SMILES string of the molecule is CC(CNC(=O)CCCC1CCCC1)C(=O)O. The zero-order valence-corrected chi connectivity index (χ0v) is 10.6. The number of carbonyl (C=O) groups is 2. The van der Waals surface area contributed by atoms with Crippen LogP contribution < -0.4 is 5.32 Å². The van der Waals surface area contributed by atoms with E-state index in [1.165, 1.54) is 25.7 Å². The van der Waals surface area contributed by atoms with Gasteiger partial charge in [0, 0.05) is 13.0 Å². The lowest BCUT2D eigenvalue weighted by Crippen LogP contribution is -2.31. The number of aliphatic carboxylic acids is 1. The van der Waals surface area contributed by atoms with Gasteiger partial charge in [0.15, 0.2) is 0 Å². The van der Waals surface area contributed by atoms with Crippen molar-refractivity contribution in [1.29, 1.82) is 0 Å². The molecule has 0 aliphatic heterocycles. The molecule has 1 rings (SSSR count). The molecule has 0 aromatic heterocycles. The van der Waals surface area contributed by atoms with Gasteiger partial charge in [-0.15, -0.1) is 0 Å². The zero-order chi connectivity index (χ0) is 12.7. The maximum absolute atomic E-state index is 11.4.